The smallest absolute Gasteiger partial charge is 0.377 e. The highest BCUT2D eigenvalue weighted by molar-refractivity contribution is 5.92. The Kier molecular flexibility index (Phi) is 6.68. The monoisotopic (exact) mass is 481 g/mol. The van der Waals surface area contributed by atoms with Crippen molar-refractivity contribution in [1.82, 2.24) is 9.55 Å². The van der Waals surface area contributed by atoms with Crippen LogP contribution in [-0.2, 0) is 6.10 Å². The fourth-order valence-electron chi connectivity index (χ4n) is 3.19. The molecule has 12 heteroatoms. The summed E-state index contributed by atoms with van der Waals surface area (Å²) in [6.07, 6.45) is -6.90. The molecule has 180 valence electrons. The van der Waals surface area contributed by atoms with Crippen LogP contribution in [0.1, 0.15) is 19.4 Å². The molecule has 34 heavy (non-hydrogen) atoms. The summed E-state index contributed by atoms with van der Waals surface area (Å²) in [6, 6.07) is 6.50. The third-order valence-electron chi connectivity index (χ3n) is 4.50. The standard InChI is InChI=1S/C22H19F4N3O5/c1-21(2,31)10-9-12-5-3-8-15(18(12)26)28(11-16(24)25)19-17-13(23)6-4-7-14(17)29(20(30)27-19)22(32,33)34/h3-8,16,31-34H,11H2,1-2H3. The first-order valence-corrected chi connectivity index (χ1v) is 9.69. The second-order valence-electron chi connectivity index (χ2n) is 7.74. The van der Waals surface area contributed by atoms with Crippen molar-refractivity contribution in [3.05, 3.63) is 64.1 Å². The molecule has 3 rings (SSSR count). The number of anilines is 2. The van der Waals surface area contributed by atoms with E-state index in [1.807, 2.05) is 0 Å². The number of alkyl halides is 2. The number of aromatic nitrogens is 2. The Balaban J connectivity index is 2.37. The number of rotatable bonds is 5. The van der Waals surface area contributed by atoms with E-state index in [-0.39, 0.29) is 10.1 Å². The summed E-state index contributed by atoms with van der Waals surface area (Å²) >= 11 is 0. The van der Waals surface area contributed by atoms with E-state index in [9.17, 15) is 38.4 Å². The molecule has 0 aliphatic rings. The first kappa shape index (κ1) is 25.1. The van der Waals surface area contributed by atoms with E-state index in [2.05, 4.69) is 16.8 Å². The molecule has 0 saturated carbocycles. The molecule has 0 atom stereocenters. The lowest BCUT2D eigenvalue weighted by molar-refractivity contribution is -0.374. The summed E-state index contributed by atoms with van der Waals surface area (Å²) < 4.78 is 57.1. The van der Waals surface area contributed by atoms with Gasteiger partial charge in [-0.05, 0) is 38.1 Å². The van der Waals surface area contributed by atoms with Gasteiger partial charge in [-0.3, -0.25) is 0 Å². The number of hydrogen-bond donors (Lipinski definition) is 4. The van der Waals surface area contributed by atoms with Gasteiger partial charge < -0.3 is 25.3 Å². The number of halogens is 4. The van der Waals surface area contributed by atoms with Crippen molar-refractivity contribution in [2.24, 2.45) is 0 Å². The van der Waals surface area contributed by atoms with E-state index in [1.54, 1.807) is 0 Å². The van der Waals surface area contributed by atoms with Gasteiger partial charge in [-0.1, -0.05) is 24.0 Å². The molecule has 0 fully saturated rings. The molecule has 0 aliphatic carbocycles. The quantitative estimate of drug-likeness (QED) is 0.249. The fraction of sp³-hybridized carbons (Fsp3) is 0.273. The van der Waals surface area contributed by atoms with Crippen LogP contribution in [0.15, 0.2) is 41.2 Å². The van der Waals surface area contributed by atoms with Crippen molar-refractivity contribution in [3.63, 3.8) is 0 Å². The minimum Gasteiger partial charge on any atom is -0.378 e. The van der Waals surface area contributed by atoms with Gasteiger partial charge in [-0.15, -0.1) is 0 Å². The number of nitrogens with zero attached hydrogens (tertiary/aromatic N) is 3. The first-order chi connectivity index (χ1) is 15.7. The Labute approximate surface area is 189 Å². The van der Waals surface area contributed by atoms with Crippen LogP contribution in [-0.4, -0.2) is 48.5 Å². The molecule has 0 unspecified atom stereocenters. The topological polar surface area (TPSA) is 119 Å². The van der Waals surface area contributed by atoms with Crippen LogP contribution in [0.25, 0.3) is 10.9 Å². The van der Waals surface area contributed by atoms with Gasteiger partial charge in [0.05, 0.1) is 28.7 Å². The van der Waals surface area contributed by atoms with Gasteiger partial charge in [-0.25, -0.2) is 26.9 Å². The maximum atomic E-state index is 15.3. The van der Waals surface area contributed by atoms with Crippen molar-refractivity contribution < 1.29 is 38.0 Å². The minimum atomic E-state index is -3.79. The van der Waals surface area contributed by atoms with Crippen molar-refractivity contribution in [2.75, 3.05) is 11.4 Å². The van der Waals surface area contributed by atoms with Gasteiger partial charge in [0, 0.05) is 0 Å². The Morgan fingerprint density at radius 2 is 1.74 bits per heavy atom. The molecule has 0 aliphatic heterocycles. The first-order valence-electron chi connectivity index (χ1n) is 9.69. The van der Waals surface area contributed by atoms with E-state index in [4.69, 9.17) is 0 Å². The van der Waals surface area contributed by atoms with Crippen LogP contribution in [0.5, 0.6) is 0 Å². The van der Waals surface area contributed by atoms with Gasteiger partial charge in [0.1, 0.15) is 11.4 Å². The summed E-state index contributed by atoms with van der Waals surface area (Å²) in [5, 5.41) is 37.7. The summed E-state index contributed by atoms with van der Waals surface area (Å²) in [4.78, 5) is 16.5. The molecular weight excluding hydrogens is 462 g/mol. The molecule has 0 radical (unpaired) electrons. The molecule has 3 aromatic rings. The lowest BCUT2D eigenvalue weighted by Crippen LogP contribution is -2.43. The van der Waals surface area contributed by atoms with Gasteiger partial charge in [0.2, 0.25) is 0 Å². The van der Waals surface area contributed by atoms with E-state index in [1.165, 1.54) is 26.0 Å². The maximum absolute atomic E-state index is 15.3. The van der Waals surface area contributed by atoms with Crippen LogP contribution in [0, 0.1) is 23.5 Å². The lowest BCUT2D eigenvalue weighted by Gasteiger charge is -2.27. The fourth-order valence-corrected chi connectivity index (χ4v) is 3.19. The average molecular weight is 481 g/mol. The average Bonchev–Trinajstić information content (AvgIpc) is 2.69. The van der Waals surface area contributed by atoms with Crippen molar-refractivity contribution in [3.8, 4) is 11.8 Å². The zero-order valence-corrected chi connectivity index (χ0v) is 17.8. The lowest BCUT2D eigenvalue weighted by atomic mass is 10.1. The van der Waals surface area contributed by atoms with E-state index in [0.717, 1.165) is 24.3 Å². The third kappa shape index (κ3) is 5.18. The van der Waals surface area contributed by atoms with E-state index >= 15 is 4.39 Å². The summed E-state index contributed by atoms with van der Waals surface area (Å²) in [5.74, 6) is 1.77. The zero-order chi connectivity index (χ0) is 25.4. The molecule has 0 bridgehead atoms. The SMILES string of the molecule is CC(C)(O)C#Cc1cccc(N(CC(F)F)c2nc(=O)n(C(O)(O)O)c3cccc(F)c23)c1F. The van der Waals surface area contributed by atoms with Crippen molar-refractivity contribution in [2.45, 2.75) is 32.0 Å². The molecular formula is C22H19F4N3O5. The highest BCUT2D eigenvalue weighted by Crippen LogP contribution is 2.34. The molecule has 1 aromatic heterocycles. The second-order valence-corrected chi connectivity index (χ2v) is 7.74. The minimum absolute atomic E-state index is 0.0724. The summed E-state index contributed by atoms with van der Waals surface area (Å²) in [6.45, 7) is 1.46. The largest absolute Gasteiger partial charge is 0.378 e. The highest BCUT2D eigenvalue weighted by Gasteiger charge is 2.31. The zero-order valence-electron chi connectivity index (χ0n) is 17.8. The summed E-state index contributed by atoms with van der Waals surface area (Å²) in [5.41, 5.74) is -4.46. The molecule has 0 amide bonds. The Morgan fingerprint density at radius 1 is 1.09 bits per heavy atom. The van der Waals surface area contributed by atoms with Crippen LogP contribution < -0.4 is 10.6 Å². The molecule has 4 N–H and O–H groups in total. The Morgan fingerprint density at radius 3 is 2.32 bits per heavy atom. The number of fused-ring (bicyclic) bond motifs is 1. The second kappa shape index (κ2) is 9.03. The van der Waals surface area contributed by atoms with Crippen LogP contribution in [0.4, 0.5) is 29.1 Å². The molecule has 2 aromatic carbocycles. The molecule has 1 heterocycles. The summed E-state index contributed by atoms with van der Waals surface area (Å²) in [7, 11) is 0. The predicted molar refractivity (Wildman–Crippen MR) is 113 cm³/mol. The highest BCUT2D eigenvalue weighted by atomic mass is 19.3. The Hall–Kier alpha value is -3.50. The Bertz CT molecular complexity index is 1350. The van der Waals surface area contributed by atoms with Gasteiger partial charge in [0.15, 0.2) is 11.6 Å². The van der Waals surface area contributed by atoms with Crippen LogP contribution in [0.3, 0.4) is 0 Å². The molecule has 8 nitrogen and oxygen atoms in total. The van der Waals surface area contributed by atoms with Gasteiger partial charge in [-0.2, -0.15) is 4.98 Å². The van der Waals surface area contributed by atoms with Crippen molar-refractivity contribution in [1.29, 1.82) is 0 Å². The van der Waals surface area contributed by atoms with Gasteiger partial charge >= 0.3 is 11.8 Å². The van der Waals surface area contributed by atoms with Crippen LogP contribution >= 0.6 is 0 Å². The van der Waals surface area contributed by atoms with Crippen LogP contribution in [0.2, 0.25) is 0 Å². The molecule has 0 spiro atoms. The van der Waals surface area contributed by atoms with Gasteiger partial charge in [0.25, 0.3) is 6.43 Å². The van der Waals surface area contributed by atoms with Crippen molar-refractivity contribution >= 4 is 22.4 Å². The maximum Gasteiger partial charge on any atom is 0.377 e. The van der Waals surface area contributed by atoms with E-state index < -0.39 is 64.4 Å². The normalized spacial score (nSPS) is 12.1. The number of aliphatic hydroxyl groups is 4. The van der Waals surface area contributed by atoms with E-state index in [0.29, 0.717) is 4.90 Å². The predicted octanol–water partition coefficient (Wildman–Crippen LogP) is 1.74. The number of hydrogen-bond acceptors (Lipinski definition) is 7. The molecule has 0 saturated heterocycles. The third-order valence-corrected chi connectivity index (χ3v) is 4.50. The number of benzene rings is 2.